The summed E-state index contributed by atoms with van der Waals surface area (Å²) in [4.78, 5) is 8.42. The van der Waals surface area contributed by atoms with Crippen LogP contribution in [0, 0.1) is 6.92 Å². The molecule has 2 aromatic rings. The highest BCUT2D eigenvalue weighted by Gasteiger charge is 2.26. The molecule has 0 aliphatic carbocycles. The summed E-state index contributed by atoms with van der Waals surface area (Å²) in [6.07, 6.45) is 3.49. The van der Waals surface area contributed by atoms with Gasteiger partial charge in [-0.15, -0.1) is 12.4 Å². The second-order valence-electron chi connectivity index (χ2n) is 4.41. The normalized spacial score (nSPS) is 16.6. The second kappa shape index (κ2) is 5.55. The Bertz CT molecular complexity index is 589. The Kier molecular flexibility index (Phi) is 4.02. The van der Waals surface area contributed by atoms with Crippen molar-refractivity contribution in [1.82, 2.24) is 15.3 Å². The first-order chi connectivity index (χ1) is 8.81. The zero-order chi connectivity index (χ0) is 12.5. The number of methoxy groups -OCH3 is 1. The molecule has 4 nitrogen and oxygen atoms in total. The number of aromatic nitrogens is 2. The summed E-state index contributed by atoms with van der Waals surface area (Å²) >= 11 is 0. The van der Waals surface area contributed by atoms with Crippen molar-refractivity contribution in [2.45, 2.75) is 19.5 Å². The first-order valence-corrected chi connectivity index (χ1v) is 5.97. The molecule has 1 N–H and O–H groups in total. The Hall–Kier alpha value is -1.65. The first-order valence-electron chi connectivity index (χ1n) is 5.97. The van der Waals surface area contributed by atoms with Gasteiger partial charge < -0.3 is 10.1 Å². The average Bonchev–Trinajstić information content (AvgIpc) is 2.83. The van der Waals surface area contributed by atoms with Gasteiger partial charge in [-0.25, -0.2) is 9.97 Å². The van der Waals surface area contributed by atoms with E-state index in [1.165, 1.54) is 5.56 Å². The molecule has 0 bridgehead atoms. The molecule has 0 amide bonds. The van der Waals surface area contributed by atoms with Gasteiger partial charge in [-0.1, -0.05) is 12.1 Å². The predicted octanol–water partition coefficient (Wildman–Crippen LogP) is 2.41. The van der Waals surface area contributed by atoms with Crippen molar-refractivity contribution < 1.29 is 4.74 Å². The fourth-order valence-corrected chi connectivity index (χ4v) is 2.51. The van der Waals surface area contributed by atoms with Crippen molar-refractivity contribution in [3.05, 3.63) is 53.1 Å². The molecule has 3 rings (SSSR count). The van der Waals surface area contributed by atoms with Gasteiger partial charge in [-0.05, 0) is 24.1 Å². The number of nitrogens with zero attached hydrogens (tertiary/aromatic N) is 2. The van der Waals surface area contributed by atoms with Crippen molar-refractivity contribution in [2.24, 2.45) is 0 Å². The number of halogens is 1. The molecule has 0 spiro atoms. The Morgan fingerprint density at radius 1 is 1.32 bits per heavy atom. The summed E-state index contributed by atoms with van der Waals surface area (Å²) in [5.41, 5.74) is 4.63. The molecule has 100 valence electrons. The molecule has 0 fully saturated rings. The van der Waals surface area contributed by atoms with Gasteiger partial charge in [0.1, 0.15) is 12.1 Å². The fourth-order valence-electron chi connectivity index (χ4n) is 2.51. The molecule has 0 saturated heterocycles. The van der Waals surface area contributed by atoms with Crippen LogP contribution in [0.1, 0.15) is 28.4 Å². The highest BCUT2D eigenvalue weighted by molar-refractivity contribution is 5.85. The van der Waals surface area contributed by atoms with Crippen LogP contribution in [0.3, 0.4) is 0 Å². The molecular formula is C14H16ClN3O. The molecule has 5 heteroatoms. The van der Waals surface area contributed by atoms with Crippen molar-refractivity contribution in [2.75, 3.05) is 7.11 Å². The van der Waals surface area contributed by atoms with Gasteiger partial charge in [0.15, 0.2) is 0 Å². The van der Waals surface area contributed by atoms with E-state index in [0.29, 0.717) is 0 Å². The molecule has 1 aliphatic heterocycles. The van der Waals surface area contributed by atoms with Crippen molar-refractivity contribution in [3.63, 3.8) is 0 Å². The van der Waals surface area contributed by atoms with Gasteiger partial charge in [0.05, 0.1) is 18.8 Å². The van der Waals surface area contributed by atoms with Crippen LogP contribution < -0.4 is 10.1 Å². The number of hydrogen-bond acceptors (Lipinski definition) is 4. The summed E-state index contributed by atoms with van der Waals surface area (Å²) in [7, 11) is 1.70. The maximum absolute atomic E-state index is 5.37. The number of benzene rings is 1. The van der Waals surface area contributed by atoms with Gasteiger partial charge in [0, 0.05) is 18.3 Å². The van der Waals surface area contributed by atoms with Crippen molar-refractivity contribution in [3.8, 4) is 5.75 Å². The molecule has 1 aromatic heterocycles. The van der Waals surface area contributed by atoms with E-state index < -0.39 is 0 Å². The highest BCUT2D eigenvalue weighted by Crippen LogP contribution is 2.33. The standard InChI is InChI=1S/C14H15N3O.ClH/c1-9-10(4-3-5-13(9)18-2)14-11-6-15-8-17-12(11)7-16-14;/h3-6,8,14,16H,7H2,1-2H3;1H. The Balaban J connectivity index is 0.00000133. The van der Waals surface area contributed by atoms with Crippen LogP contribution in [-0.2, 0) is 6.54 Å². The van der Waals surface area contributed by atoms with E-state index >= 15 is 0 Å². The maximum Gasteiger partial charge on any atom is 0.122 e. The van der Waals surface area contributed by atoms with E-state index in [4.69, 9.17) is 4.74 Å². The van der Waals surface area contributed by atoms with Crippen LogP contribution in [0.25, 0.3) is 0 Å². The van der Waals surface area contributed by atoms with E-state index in [9.17, 15) is 0 Å². The van der Waals surface area contributed by atoms with Gasteiger partial charge in [0.25, 0.3) is 0 Å². The van der Waals surface area contributed by atoms with E-state index in [0.717, 1.165) is 29.1 Å². The monoisotopic (exact) mass is 277 g/mol. The molecule has 0 saturated carbocycles. The lowest BCUT2D eigenvalue weighted by atomic mass is 9.97. The van der Waals surface area contributed by atoms with Gasteiger partial charge >= 0.3 is 0 Å². The van der Waals surface area contributed by atoms with E-state index in [-0.39, 0.29) is 18.4 Å². The fraction of sp³-hybridized carbons (Fsp3) is 0.286. The SMILES string of the molecule is COc1cccc(C2NCc3ncncc32)c1C.Cl. The van der Waals surface area contributed by atoms with Gasteiger partial charge in [-0.3, -0.25) is 0 Å². The third-order valence-electron chi connectivity index (χ3n) is 3.47. The molecule has 1 aliphatic rings. The van der Waals surface area contributed by atoms with Crippen LogP contribution in [0.2, 0.25) is 0 Å². The summed E-state index contributed by atoms with van der Waals surface area (Å²) in [5, 5.41) is 3.47. The number of nitrogens with one attached hydrogen (secondary N) is 1. The smallest absolute Gasteiger partial charge is 0.122 e. The zero-order valence-corrected chi connectivity index (χ0v) is 11.7. The zero-order valence-electron chi connectivity index (χ0n) is 10.9. The third-order valence-corrected chi connectivity index (χ3v) is 3.47. The lowest BCUT2D eigenvalue weighted by molar-refractivity contribution is 0.410. The molecule has 1 atom stereocenters. The molecular weight excluding hydrogens is 262 g/mol. The molecule has 1 aromatic carbocycles. The first kappa shape index (κ1) is 13.8. The van der Waals surface area contributed by atoms with Crippen LogP contribution in [0.5, 0.6) is 5.75 Å². The molecule has 2 heterocycles. The summed E-state index contributed by atoms with van der Waals surface area (Å²) < 4.78 is 5.37. The van der Waals surface area contributed by atoms with Crippen molar-refractivity contribution >= 4 is 12.4 Å². The Labute approximate surface area is 118 Å². The Morgan fingerprint density at radius 3 is 2.95 bits per heavy atom. The third kappa shape index (κ3) is 2.29. The maximum atomic E-state index is 5.37. The minimum Gasteiger partial charge on any atom is -0.496 e. The Morgan fingerprint density at radius 2 is 2.16 bits per heavy atom. The predicted molar refractivity (Wildman–Crippen MR) is 75.7 cm³/mol. The summed E-state index contributed by atoms with van der Waals surface area (Å²) in [6.45, 7) is 2.87. The van der Waals surface area contributed by atoms with Crippen LogP contribution in [-0.4, -0.2) is 17.1 Å². The number of hydrogen-bond donors (Lipinski definition) is 1. The van der Waals surface area contributed by atoms with Gasteiger partial charge in [0.2, 0.25) is 0 Å². The second-order valence-corrected chi connectivity index (χ2v) is 4.41. The summed E-state index contributed by atoms with van der Waals surface area (Å²) in [6, 6.07) is 6.29. The lowest BCUT2D eigenvalue weighted by Crippen LogP contribution is -2.14. The quantitative estimate of drug-likeness (QED) is 0.916. The van der Waals surface area contributed by atoms with Crippen molar-refractivity contribution in [1.29, 1.82) is 0 Å². The van der Waals surface area contributed by atoms with Crippen LogP contribution >= 0.6 is 12.4 Å². The minimum atomic E-state index is 0. The van der Waals surface area contributed by atoms with E-state index in [1.807, 2.05) is 18.3 Å². The number of ether oxygens (including phenoxy) is 1. The summed E-state index contributed by atoms with van der Waals surface area (Å²) in [5.74, 6) is 0.916. The van der Waals surface area contributed by atoms with Crippen LogP contribution in [0.15, 0.2) is 30.7 Å². The average molecular weight is 278 g/mol. The molecule has 19 heavy (non-hydrogen) atoms. The largest absolute Gasteiger partial charge is 0.496 e. The lowest BCUT2D eigenvalue weighted by Gasteiger charge is -2.16. The van der Waals surface area contributed by atoms with Gasteiger partial charge in [-0.2, -0.15) is 0 Å². The number of fused-ring (bicyclic) bond motifs is 1. The van der Waals surface area contributed by atoms with E-state index in [1.54, 1.807) is 13.4 Å². The van der Waals surface area contributed by atoms with E-state index in [2.05, 4.69) is 28.3 Å². The topological polar surface area (TPSA) is 47.0 Å². The van der Waals surface area contributed by atoms with Crippen LogP contribution in [0.4, 0.5) is 0 Å². The minimum absolute atomic E-state index is 0. The number of rotatable bonds is 2. The molecule has 0 radical (unpaired) electrons. The highest BCUT2D eigenvalue weighted by atomic mass is 35.5. The molecule has 1 unspecified atom stereocenters.